The zero-order chi connectivity index (χ0) is 13.1. The lowest BCUT2D eigenvalue weighted by Crippen LogP contribution is -2.01. The van der Waals surface area contributed by atoms with Crippen LogP contribution in [0.25, 0.3) is 0 Å². The molecule has 0 radical (unpaired) electrons. The van der Waals surface area contributed by atoms with Gasteiger partial charge in [0, 0.05) is 10.4 Å². The van der Waals surface area contributed by atoms with E-state index in [0.29, 0.717) is 22.0 Å². The van der Waals surface area contributed by atoms with Crippen molar-refractivity contribution in [3.05, 3.63) is 69.7 Å². The van der Waals surface area contributed by atoms with Crippen LogP contribution in [0.2, 0.25) is 0 Å². The molecule has 0 saturated heterocycles. The Hall–Kier alpha value is -0.740. The van der Waals surface area contributed by atoms with E-state index in [-0.39, 0.29) is 16.5 Å². The molecule has 0 spiro atoms. The normalized spacial score (nSPS) is 12.4. The van der Waals surface area contributed by atoms with E-state index >= 15 is 0 Å². The van der Waals surface area contributed by atoms with Gasteiger partial charge in [0.15, 0.2) is 0 Å². The van der Waals surface area contributed by atoms with Crippen LogP contribution >= 0.6 is 31.9 Å². The lowest BCUT2D eigenvalue weighted by molar-refractivity contribution is 0.591. The number of benzene rings is 2. The molecule has 0 aromatic heterocycles. The van der Waals surface area contributed by atoms with Crippen molar-refractivity contribution < 1.29 is 8.78 Å². The van der Waals surface area contributed by atoms with Crippen molar-refractivity contribution in [2.45, 2.75) is 11.2 Å². The summed E-state index contributed by atoms with van der Waals surface area (Å²) in [6.45, 7) is 0. The van der Waals surface area contributed by atoms with Crippen LogP contribution < -0.4 is 0 Å². The number of alkyl halides is 1. The lowest BCUT2D eigenvalue weighted by atomic mass is 10.0. The summed E-state index contributed by atoms with van der Waals surface area (Å²) < 4.78 is 27.8. The van der Waals surface area contributed by atoms with Gasteiger partial charge in [-0.15, -0.1) is 0 Å². The van der Waals surface area contributed by atoms with Crippen molar-refractivity contribution in [1.29, 1.82) is 0 Å². The van der Waals surface area contributed by atoms with Crippen molar-refractivity contribution >= 4 is 31.9 Å². The van der Waals surface area contributed by atoms with Gasteiger partial charge in [-0.2, -0.15) is 0 Å². The summed E-state index contributed by atoms with van der Waals surface area (Å²) in [5.74, 6) is -0.576. The second kappa shape index (κ2) is 5.93. The van der Waals surface area contributed by atoms with Crippen LogP contribution in [0, 0.1) is 11.6 Å². The van der Waals surface area contributed by atoms with E-state index < -0.39 is 0 Å². The third-order valence-electron chi connectivity index (χ3n) is 2.68. The Labute approximate surface area is 121 Å². The Bertz CT molecular complexity index is 555. The topological polar surface area (TPSA) is 0 Å². The smallest absolute Gasteiger partial charge is 0.141 e. The zero-order valence-corrected chi connectivity index (χ0v) is 12.5. The SMILES string of the molecule is Fc1ccccc1CC(Br)c1cccc(Br)c1F. The average Bonchev–Trinajstić information content (AvgIpc) is 2.35. The third kappa shape index (κ3) is 2.98. The molecule has 0 heterocycles. The number of rotatable bonds is 3. The maximum Gasteiger partial charge on any atom is 0.141 e. The van der Waals surface area contributed by atoms with Crippen molar-refractivity contribution in [3.8, 4) is 0 Å². The van der Waals surface area contributed by atoms with Gasteiger partial charge >= 0.3 is 0 Å². The summed E-state index contributed by atoms with van der Waals surface area (Å²) in [6, 6.07) is 11.6. The molecular formula is C14H10Br2F2. The second-order valence-electron chi connectivity index (χ2n) is 3.91. The van der Waals surface area contributed by atoms with E-state index in [1.165, 1.54) is 6.07 Å². The second-order valence-corrected chi connectivity index (χ2v) is 5.87. The molecule has 1 unspecified atom stereocenters. The van der Waals surface area contributed by atoms with Crippen molar-refractivity contribution in [1.82, 2.24) is 0 Å². The molecule has 2 aromatic carbocycles. The van der Waals surface area contributed by atoms with Gasteiger partial charge in [0.25, 0.3) is 0 Å². The van der Waals surface area contributed by atoms with Gasteiger partial charge in [-0.3, -0.25) is 0 Å². The lowest BCUT2D eigenvalue weighted by Gasteiger charge is -2.12. The molecule has 0 aliphatic heterocycles. The van der Waals surface area contributed by atoms with E-state index in [4.69, 9.17) is 0 Å². The molecule has 0 saturated carbocycles. The Kier molecular flexibility index (Phi) is 4.51. The van der Waals surface area contributed by atoms with E-state index in [0.717, 1.165) is 0 Å². The van der Waals surface area contributed by atoms with Gasteiger partial charge in [0.05, 0.1) is 4.47 Å². The highest BCUT2D eigenvalue weighted by Crippen LogP contribution is 2.32. The molecule has 0 amide bonds. The molecule has 4 heteroatoms. The maximum atomic E-state index is 13.9. The molecule has 0 aliphatic carbocycles. The largest absolute Gasteiger partial charge is 0.207 e. The van der Waals surface area contributed by atoms with E-state index in [2.05, 4.69) is 31.9 Å². The van der Waals surface area contributed by atoms with Gasteiger partial charge in [-0.05, 0) is 40.0 Å². The van der Waals surface area contributed by atoms with Crippen LogP contribution in [0.4, 0.5) is 8.78 Å². The highest BCUT2D eigenvalue weighted by Gasteiger charge is 2.16. The molecule has 0 aliphatic rings. The summed E-state index contributed by atoms with van der Waals surface area (Å²) in [7, 11) is 0. The maximum absolute atomic E-state index is 13.9. The fraction of sp³-hybridized carbons (Fsp3) is 0.143. The number of halogens is 4. The van der Waals surface area contributed by atoms with Crippen LogP contribution in [-0.2, 0) is 6.42 Å². The Morgan fingerprint density at radius 1 is 1.00 bits per heavy atom. The van der Waals surface area contributed by atoms with Crippen molar-refractivity contribution in [2.24, 2.45) is 0 Å². The molecule has 94 valence electrons. The molecule has 2 rings (SSSR count). The molecule has 0 fully saturated rings. The molecule has 0 bridgehead atoms. The molecule has 18 heavy (non-hydrogen) atoms. The first-order valence-corrected chi connectivity index (χ1v) is 7.12. The van der Waals surface area contributed by atoms with Crippen molar-refractivity contribution in [2.75, 3.05) is 0 Å². The predicted octanol–water partition coefficient (Wildman–Crippen LogP) is 5.41. The Morgan fingerprint density at radius 3 is 2.44 bits per heavy atom. The number of hydrogen-bond donors (Lipinski definition) is 0. The first-order valence-electron chi connectivity index (χ1n) is 5.41. The Balaban J connectivity index is 2.25. The van der Waals surface area contributed by atoms with Gasteiger partial charge in [0.2, 0.25) is 0 Å². The van der Waals surface area contributed by atoms with E-state index in [1.54, 1.807) is 36.4 Å². The van der Waals surface area contributed by atoms with Gasteiger partial charge in [0.1, 0.15) is 11.6 Å². The zero-order valence-electron chi connectivity index (χ0n) is 9.34. The van der Waals surface area contributed by atoms with Crippen LogP contribution in [0.3, 0.4) is 0 Å². The summed E-state index contributed by atoms with van der Waals surface area (Å²) in [4.78, 5) is -0.258. The number of hydrogen-bond acceptors (Lipinski definition) is 0. The highest BCUT2D eigenvalue weighted by molar-refractivity contribution is 9.10. The average molecular weight is 376 g/mol. The third-order valence-corrected chi connectivity index (χ3v) is 4.11. The standard InChI is InChI=1S/C14H10Br2F2/c15-11-6-3-5-10(14(11)18)12(16)8-9-4-1-2-7-13(9)17/h1-7,12H,8H2. The first kappa shape index (κ1) is 13.7. The van der Waals surface area contributed by atoms with E-state index in [1.807, 2.05) is 0 Å². The minimum absolute atomic E-state index is 0.258. The summed E-state index contributed by atoms with van der Waals surface area (Å²) in [5.41, 5.74) is 1.09. The Morgan fingerprint density at radius 2 is 1.72 bits per heavy atom. The fourth-order valence-electron chi connectivity index (χ4n) is 1.73. The first-order chi connectivity index (χ1) is 8.59. The fourth-order valence-corrected chi connectivity index (χ4v) is 2.81. The molecular weight excluding hydrogens is 366 g/mol. The molecule has 0 N–H and O–H groups in total. The van der Waals surface area contributed by atoms with Crippen LogP contribution in [0.5, 0.6) is 0 Å². The van der Waals surface area contributed by atoms with Gasteiger partial charge < -0.3 is 0 Å². The minimum Gasteiger partial charge on any atom is -0.207 e. The molecule has 1 atom stereocenters. The van der Waals surface area contributed by atoms with Crippen molar-refractivity contribution in [3.63, 3.8) is 0 Å². The summed E-state index contributed by atoms with van der Waals surface area (Å²) >= 11 is 6.56. The van der Waals surface area contributed by atoms with Crippen LogP contribution in [-0.4, -0.2) is 0 Å². The highest BCUT2D eigenvalue weighted by atomic mass is 79.9. The summed E-state index contributed by atoms with van der Waals surface area (Å²) in [6.07, 6.45) is 0.403. The minimum atomic E-state index is -0.310. The van der Waals surface area contributed by atoms with Gasteiger partial charge in [-0.25, -0.2) is 8.78 Å². The van der Waals surface area contributed by atoms with E-state index in [9.17, 15) is 8.78 Å². The predicted molar refractivity (Wildman–Crippen MR) is 75.9 cm³/mol. The molecule has 0 nitrogen and oxygen atoms in total. The monoisotopic (exact) mass is 374 g/mol. The summed E-state index contributed by atoms with van der Waals surface area (Å²) in [5, 5.41) is 0. The molecule has 2 aromatic rings. The van der Waals surface area contributed by atoms with Crippen LogP contribution in [0.15, 0.2) is 46.9 Å². The van der Waals surface area contributed by atoms with Crippen LogP contribution in [0.1, 0.15) is 16.0 Å². The van der Waals surface area contributed by atoms with Gasteiger partial charge in [-0.1, -0.05) is 46.3 Å². The quantitative estimate of drug-likeness (QED) is 0.629.